The molecule has 2 amide bonds. The van der Waals surface area contributed by atoms with Crippen molar-refractivity contribution in [1.82, 2.24) is 0 Å². The van der Waals surface area contributed by atoms with Crippen molar-refractivity contribution in [3.63, 3.8) is 0 Å². The Morgan fingerprint density at radius 1 is 1.10 bits per heavy atom. The first-order chi connectivity index (χ1) is 8.96. The molecule has 0 saturated carbocycles. The molecular formula is C10H6F6N2O2. The normalized spacial score (nSPS) is 12.1. The molecule has 3 N–H and O–H groups in total. The summed E-state index contributed by atoms with van der Waals surface area (Å²) >= 11 is 0. The molecule has 20 heavy (non-hydrogen) atoms. The molecule has 4 nitrogen and oxygen atoms in total. The van der Waals surface area contributed by atoms with Crippen molar-refractivity contribution in [3.05, 3.63) is 29.6 Å². The molecule has 1 aromatic rings. The standard InChI is InChI=1S/C10H6F6N2O2/c11-5-2-1-4(7(17)19)3-6(5)18-8(20)9(12,13)10(14,15)16/h1-3H,(H2,17,19)(H,18,20). The van der Waals surface area contributed by atoms with Gasteiger partial charge in [0.05, 0.1) is 5.69 Å². The number of hydrogen-bond acceptors (Lipinski definition) is 2. The molecular weight excluding hydrogens is 294 g/mol. The quantitative estimate of drug-likeness (QED) is 0.839. The number of primary amides is 1. The summed E-state index contributed by atoms with van der Waals surface area (Å²) in [6.45, 7) is 0. The summed E-state index contributed by atoms with van der Waals surface area (Å²) < 4.78 is 74.2. The summed E-state index contributed by atoms with van der Waals surface area (Å²) in [5, 5.41) is 1.06. The van der Waals surface area contributed by atoms with E-state index in [9.17, 15) is 35.9 Å². The molecule has 0 spiro atoms. The molecule has 10 heteroatoms. The lowest BCUT2D eigenvalue weighted by Gasteiger charge is -2.18. The van der Waals surface area contributed by atoms with E-state index < -0.39 is 35.4 Å². The zero-order chi connectivity index (χ0) is 15.7. The number of rotatable bonds is 3. The number of halogens is 6. The topological polar surface area (TPSA) is 72.2 Å². The number of nitrogens with two attached hydrogens (primary N) is 1. The van der Waals surface area contributed by atoms with Crippen molar-refractivity contribution < 1.29 is 35.9 Å². The van der Waals surface area contributed by atoms with Gasteiger partial charge in [-0.25, -0.2) is 4.39 Å². The summed E-state index contributed by atoms with van der Waals surface area (Å²) in [6.07, 6.45) is -6.13. The van der Waals surface area contributed by atoms with Crippen LogP contribution in [-0.4, -0.2) is 23.9 Å². The highest BCUT2D eigenvalue weighted by molar-refractivity contribution is 5.99. The van der Waals surface area contributed by atoms with Gasteiger partial charge in [0.25, 0.3) is 0 Å². The molecule has 0 aliphatic rings. The van der Waals surface area contributed by atoms with E-state index in [2.05, 4.69) is 0 Å². The van der Waals surface area contributed by atoms with Crippen LogP contribution in [0.25, 0.3) is 0 Å². The number of alkyl halides is 5. The molecule has 0 aliphatic carbocycles. The highest BCUT2D eigenvalue weighted by Gasteiger charge is 2.63. The van der Waals surface area contributed by atoms with Crippen molar-refractivity contribution in [2.75, 3.05) is 5.32 Å². The van der Waals surface area contributed by atoms with Gasteiger partial charge in [0.2, 0.25) is 5.91 Å². The largest absolute Gasteiger partial charge is 0.463 e. The number of nitrogens with one attached hydrogen (secondary N) is 1. The van der Waals surface area contributed by atoms with Crippen LogP contribution in [0.3, 0.4) is 0 Å². The second-order valence-corrected chi connectivity index (χ2v) is 3.59. The number of carbonyl (C=O) groups excluding carboxylic acids is 2. The smallest absolute Gasteiger partial charge is 0.366 e. The van der Waals surface area contributed by atoms with Gasteiger partial charge < -0.3 is 11.1 Å². The zero-order valence-corrected chi connectivity index (χ0v) is 9.39. The predicted octanol–water partition coefficient (Wildman–Crippen LogP) is 2.06. The lowest BCUT2D eigenvalue weighted by Crippen LogP contribution is -2.47. The second-order valence-electron chi connectivity index (χ2n) is 3.59. The first-order valence-corrected chi connectivity index (χ1v) is 4.82. The lowest BCUT2D eigenvalue weighted by molar-refractivity contribution is -0.267. The molecule has 110 valence electrons. The molecule has 0 heterocycles. The Hall–Kier alpha value is -2.26. The predicted molar refractivity (Wildman–Crippen MR) is 54.5 cm³/mol. The van der Waals surface area contributed by atoms with Gasteiger partial charge in [-0.2, -0.15) is 22.0 Å². The van der Waals surface area contributed by atoms with E-state index in [-0.39, 0.29) is 5.56 Å². The van der Waals surface area contributed by atoms with Crippen molar-refractivity contribution in [2.45, 2.75) is 12.1 Å². The summed E-state index contributed by atoms with van der Waals surface area (Å²) in [4.78, 5) is 21.6. The Labute approximate surface area is 107 Å². The summed E-state index contributed by atoms with van der Waals surface area (Å²) in [6, 6.07) is 2.00. The molecule has 1 aromatic carbocycles. The van der Waals surface area contributed by atoms with Crippen molar-refractivity contribution in [1.29, 1.82) is 0 Å². The van der Waals surface area contributed by atoms with Crippen molar-refractivity contribution >= 4 is 17.5 Å². The number of anilines is 1. The van der Waals surface area contributed by atoms with E-state index in [0.717, 1.165) is 11.4 Å². The van der Waals surface area contributed by atoms with Crippen molar-refractivity contribution in [3.8, 4) is 0 Å². The molecule has 0 unspecified atom stereocenters. The van der Waals surface area contributed by atoms with Crippen LogP contribution < -0.4 is 11.1 Å². The fourth-order valence-electron chi connectivity index (χ4n) is 1.10. The van der Waals surface area contributed by atoms with Crippen LogP contribution >= 0.6 is 0 Å². The molecule has 0 aromatic heterocycles. The van der Waals surface area contributed by atoms with E-state index in [1.165, 1.54) is 0 Å². The Morgan fingerprint density at radius 2 is 1.65 bits per heavy atom. The third-order valence-electron chi connectivity index (χ3n) is 2.14. The lowest BCUT2D eigenvalue weighted by atomic mass is 10.1. The Morgan fingerprint density at radius 3 is 2.10 bits per heavy atom. The van der Waals surface area contributed by atoms with E-state index in [0.29, 0.717) is 12.1 Å². The minimum atomic E-state index is -6.13. The second kappa shape index (κ2) is 5.02. The average molecular weight is 300 g/mol. The van der Waals surface area contributed by atoms with Crippen LogP contribution in [0.4, 0.5) is 32.0 Å². The molecule has 0 fully saturated rings. The monoisotopic (exact) mass is 300 g/mol. The maximum Gasteiger partial charge on any atom is 0.463 e. The van der Waals surface area contributed by atoms with Gasteiger partial charge >= 0.3 is 18.0 Å². The maximum atomic E-state index is 13.2. The van der Waals surface area contributed by atoms with Gasteiger partial charge in [0, 0.05) is 5.56 Å². The first kappa shape index (κ1) is 15.8. The van der Waals surface area contributed by atoms with Crippen LogP contribution in [0, 0.1) is 5.82 Å². The minimum absolute atomic E-state index is 0.378. The van der Waals surface area contributed by atoms with Crippen LogP contribution in [0.15, 0.2) is 18.2 Å². The Bertz CT molecular complexity index is 555. The average Bonchev–Trinajstić information content (AvgIpc) is 2.29. The SMILES string of the molecule is NC(=O)c1ccc(F)c(NC(=O)C(F)(F)C(F)(F)F)c1. The maximum absolute atomic E-state index is 13.2. The van der Waals surface area contributed by atoms with Crippen LogP contribution in [0.5, 0.6) is 0 Å². The van der Waals surface area contributed by atoms with Gasteiger partial charge in [-0.15, -0.1) is 0 Å². The number of hydrogen-bond donors (Lipinski definition) is 2. The summed E-state index contributed by atoms with van der Waals surface area (Å²) in [7, 11) is 0. The molecule has 0 aliphatic heterocycles. The van der Waals surface area contributed by atoms with Crippen LogP contribution in [0.1, 0.15) is 10.4 Å². The van der Waals surface area contributed by atoms with Crippen LogP contribution in [0.2, 0.25) is 0 Å². The molecule has 0 atom stereocenters. The zero-order valence-electron chi connectivity index (χ0n) is 9.39. The highest BCUT2D eigenvalue weighted by Crippen LogP contribution is 2.36. The molecule has 0 saturated heterocycles. The molecule has 0 bridgehead atoms. The Balaban J connectivity index is 3.08. The minimum Gasteiger partial charge on any atom is -0.366 e. The summed E-state index contributed by atoms with van der Waals surface area (Å²) in [5.74, 6) is -10.9. The fraction of sp³-hybridized carbons (Fsp3) is 0.200. The Kier molecular flexibility index (Phi) is 3.97. The fourth-order valence-corrected chi connectivity index (χ4v) is 1.10. The third kappa shape index (κ3) is 3.00. The van der Waals surface area contributed by atoms with Gasteiger partial charge in [-0.1, -0.05) is 0 Å². The van der Waals surface area contributed by atoms with Gasteiger partial charge in [0.15, 0.2) is 0 Å². The van der Waals surface area contributed by atoms with Crippen LogP contribution in [-0.2, 0) is 4.79 Å². The number of amides is 2. The van der Waals surface area contributed by atoms with E-state index in [1.807, 2.05) is 0 Å². The third-order valence-corrected chi connectivity index (χ3v) is 2.14. The van der Waals surface area contributed by atoms with Gasteiger partial charge in [-0.3, -0.25) is 9.59 Å². The highest BCUT2D eigenvalue weighted by atomic mass is 19.4. The van der Waals surface area contributed by atoms with E-state index in [1.54, 1.807) is 0 Å². The van der Waals surface area contributed by atoms with Crippen molar-refractivity contribution in [2.24, 2.45) is 5.73 Å². The molecule has 1 rings (SSSR count). The first-order valence-electron chi connectivity index (χ1n) is 4.82. The van der Waals surface area contributed by atoms with E-state index >= 15 is 0 Å². The van der Waals surface area contributed by atoms with Gasteiger partial charge in [-0.05, 0) is 18.2 Å². The van der Waals surface area contributed by atoms with Gasteiger partial charge in [0.1, 0.15) is 5.82 Å². The number of carbonyl (C=O) groups is 2. The molecule has 0 radical (unpaired) electrons. The van der Waals surface area contributed by atoms with E-state index in [4.69, 9.17) is 5.73 Å². The summed E-state index contributed by atoms with van der Waals surface area (Å²) in [5.41, 5.74) is 3.42. The number of benzene rings is 1.